The second kappa shape index (κ2) is 4.89. The zero-order valence-corrected chi connectivity index (χ0v) is 9.46. The van der Waals surface area contributed by atoms with Gasteiger partial charge in [0.25, 0.3) is 6.10 Å². The Morgan fingerprint density at radius 2 is 1.33 bits per heavy atom. The van der Waals surface area contributed by atoms with Gasteiger partial charge in [0.2, 0.25) is 0 Å². The molecule has 10 heteroatoms. The van der Waals surface area contributed by atoms with Gasteiger partial charge in [0, 0.05) is 11.5 Å². The fraction of sp³-hybridized carbons (Fsp3) is 1.00. The average Bonchev–Trinajstić information content (AvgIpc) is 2.46. The minimum absolute atomic E-state index is 0.527. The maximum Gasteiger partial charge on any atom is 0.424 e. The monoisotopic (exact) mass is 290 g/mol. The molecule has 1 aliphatic rings. The molecule has 1 fully saturated rings. The first-order valence-electron chi connectivity index (χ1n) is 3.57. The lowest BCUT2D eigenvalue weighted by Crippen LogP contribution is -2.42. The molecule has 1 heterocycles. The quantitative estimate of drug-likeness (QED) is 0.557. The molecule has 15 heavy (non-hydrogen) atoms. The molecule has 0 amide bonds. The van der Waals surface area contributed by atoms with E-state index in [1.807, 2.05) is 0 Å². The van der Waals surface area contributed by atoms with Crippen LogP contribution < -0.4 is 0 Å². The zero-order chi connectivity index (χ0) is 11.7. The fourth-order valence-corrected chi connectivity index (χ4v) is 7.57. The van der Waals surface area contributed by atoms with E-state index in [1.54, 1.807) is 0 Å². The largest absolute Gasteiger partial charge is 0.424 e. The van der Waals surface area contributed by atoms with Gasteiger partial charge in [-0.15, -0.1) is 0 Å². The third kappa shape index (κ3) is 4.20. The summed E-state index contributed by atoms with van der Waals surface area (Å²) in [5.74, 6) is 1.05. The highest BCUT2D eigenvalue weighted by Crippen LogP contribution is 2.68. The van der Waals surface area contributed by atoms with Crippen LogP contribution in [-0.4, -0.2) is 30.0 Å². The first kappa shape index (κ1) is 13.7. The van der Waals surface area contributed by atoms with Gasteiger partial charge in [-0.2, -0.15) is 26.3 Å². The van der Waals surface area contributed by atoms with Gasteiger partial charge in [-0.05, 0) is 0 Å². The van der Waals surface area contributed by atoms with Gasteiger partial charge >= 0.3 is 12.4 Å². The SMILES string of the molecule is FC(F)(F)C(OP1SCCS1)C(F)(F)F. The van der Waals surface area contributed by atoms with Crippen molar-refractivity contribution in [1.82, 2.24) is 0 Å². The molecule has 0 N–H and O–H groups in total. The Morgan fingerprint density at radius 1 is 0.933 bits per heavy atom. The summed E-state index contributed by atoms with van der Waals surface area (Å²) in [4.78, 5) is 0. The Morgan fingerprint density at radius 3 is 1.67 bits per heavy atom. The van der Waals surface area contributed by atoms with Crippen molar-refractivity contribution in [3.8, 4) is 0 Å². The number of hydrogen-bond acceptors (Lipinski definition) is 3. The molecular formula is C5H5F6OPS2. The predicted octanol–water partition coefficient (Wildman–Crippen LogP) is 4.20. The fourth-order valence-electron chi connectivity index (χ4n) is 0.713. The Labute approximate surface area is 90.6 Å². The predicted molar refractivity (Wildman–Crippen MR) is 48.8 cm³/mol. The maximum absolute atomic E-state index is 12.0. The third-order valence-corrected chi connectivity index (χ3v) is 7.87. The van der Waals surface area contributed by atoms with Crippen LogP contribution in [0.4, 0.5) is 26.3 Å². The van der Waals surface area contributed by atoms with Crippen molar-refractivity contribution < 1.29 is 30.9 Å². The highest BCUT2D eigenvalue weighted by Gasteiger charge is 2.59. The molecule has 1 rings (SSSR count). The van der Waals surface area contributed by atoms with Gasteiger partial charge in [0.05, 0.1) is 0 Å². The van der Waals surface area contributed by atoms with Gasteiger partial charge in [-0.25, -0.2) is 0 Å². The Hall–Kier alpha value is 0.670. The molecule has 0 aromatic heterocycles. The van der Waals surface area contributed by atoms with Crippen LogP contribution in [-0.2, 0) is 4.52 Å². The van der Waals surface area contributed by atoms with Crippen LogP contribution in [0.2, 0.25) is 0 Å². The smallest absolute Gasteiger partial charge is 0.317 e. The topological polar surface area (TPSA) is 9.23 Å². The van der Waals surface area contributed by atoms with Crippen LogP contribution in [0.1, 0.15) is 0 Å². The van der Waals surface area contributed by atoms with Gasteiger partial charge in [-0.3, -0.25) is 0 Å². The molecule has 1 nitrogen and oxygen atoms in total. The Bertz CT molecular complexity index is 199. The van der Waals surface area contributed by atoms with Crippen molar-refractivity contribution in [2.45, 2.75) is 18.5 Å². The summed E-state index contributed by atoms with van der Waals surface area (Å²) in [5, 5.41) is 0. The lowest BCUT2D eigenvalue weighted by atomic mass is 10.3. The summed E-state index contributed by atoms with van der Waals surface area (Å²) < 4.78 is 76.2. The van der Waals surface area contributed by atoms with E-state index < -0.39 is 25.0 Å². The second-order valence-electron chi connectivity index (χ2n) is 2.46. The average molecular weight is 290 g/mol. The van der Waals surface area contributed by atoms with Crippen LogP contribution in [0, 0.1) is 0 Å². The lowest BCUT2D eigenvalue weighted by molar-refractivity contribution is -0.297. The Balaban J connectivity index is 2.65. The lowest BCUT2D eigenvalue weighted by Gasteiger charge is -2.24. The summed E-state index contributed by atoms with van der Waals surface area (Å²) in [6.07, 6.45) is -14.5. The van der Waals surface area contributed by atoms with Crippen LogP contribution in [0.3, 0.4) is 0 Å². The minimum atomic E-state index is -5.40. The Kier molecular flexibility index (Phi) is 4.48. The number of alkyl halides is 6. The molecular weight excluding hydrogens is 285 g/mol. The molecule has 0 aromatic carbocycles. The molecule has 1 saturated heterocycles. The van der Waals surface area contributed by atoms with E-state index in [-0.39, 0.29) is 0 Å². The van der Waals surface area contributed by atoms with Crippen LogP contribution in [0.15, 0.2) is 0 Å². The number of rotatable bonds is 2. The van der Waals surface area contributed by atoms with E-state index in [2.05, 4.69) is 4.52 Å². The summed E-state index contributed by atoms with van der Waals surface area (Å²) in [6.45, 7) is -1.72. The zero-order valence-electron chi connectivity index (χ0n) is 6.93. The van der Waals surface area contributed by atoms with Crippen molar-refractivity contribution >= 4 is 29.3 Å². The first-order chi connectivity index (χ1) is 6.71. The van der Waals surface area contributed by atoms with Gasteiger partial charge in [0.15, 0.2) is 6.55 Å². The van der Waals surface area contributed by atoms with E-state index in [1.165, 1.54) is 0 Å². The second-order valence-corrected chi connectivity index (χ2v) is 8.68. The highest BCUT2D eigenvalue weighted by atomic mass is 33.1. The molecule has 90 valence electrons. The summed E-state index contributed by atoms with van der Waals surface area (Å²) in [5.41, 5.74) is 0. The molecule has 1 aliphatic heterocycles. The number of halogens is 6. The van der Waals surface area contributed by atoms with Gasteiger partial charge in [-0.1, -0.05) is 22.8 Å². The third-order valence-electron chi connectivity index (χ3n) is 1.26. The van der Waals surface area contributed by atoms with Crippen molar-refractivity contribution in [3.63, 3.8) is 0 Å². The molecule has 0 bridgehead atoms. The minimum Gasteiger partial charge on any atom is -0.317 e. The highest BCUT2D eigenvalue weighted by molar-refractivity contribution is 8.88. The first-order valence-corrected chi connectivity index (χ1v) is 8.01. The molecule has 0 radical (unpaired) electrons. The molecule has 0 aromatic rings. The van der Waals surface area contributed by atoms with E-state index in [4.69, 9.17) is 0 Å². The van der Waals surface area contributed by atoms with Crippen molar-refractivity contribution in [2.24, 2.45) is 0 Å². The summed E-state index contributed by atoms with van der Waals surface area (Å²) >= 11 is 2.02. The number of hydrogen-bond donors (Lipinski definition) is 0. The van der Waals surface area contributed by atoms with Gasteiger partial charge in [0.1, 0.15) is 0 Å². The molecule has 0 saturated carbocycles. The molecule has 0 atom stereocenters. The van der Waals surface area contributed by atoms with Crippen LogP contribution >= 0.6 is 29.3 Å². The normalized spacial score (nSPS) is 20.2. The molecule has 0 spiro atoms. The van der Waals surface area contributed by atoms with Crippen molar-refractivity contribution in [1.29, 1.82) is 0 Å². The van der Waals surface area contributed by atoms with Crippen molar-refractivity contribution in [2.75, 3.05) is 11.5 Å². The molecule has 0 unspecified atom stereocenters. The van der Waals surface area contributed by atoms with Crippen LogP contribution in [0.25, 0.3) is 0 Å². The standard InChI is InChI=1S/C5H5F6OPS2/c6-4(7,8)3(5(9,10)11)12-13-14-1-2-15-13/h3H,1-2H2. The van der Waals surface area contributed by atoms with Gasteiger partial charge < -0.3 is 4.52 Å². The maximum atomic E-state index is 12.0. The summed E-state index contributed by atoms with van der Waals surface area (Å²) in [6, 6.07) is 0. The van der Waals surface area contributed by atoms with Crippen molar-refractivity contribution in [3.05, 3.63) is 0 Å². The van der Waals surface area contributed by atoms with E-state index in [0.29, 0.717) is 11.5 Å². The molecule has 0 aliphatic carbocycles. The van der Waals surface area contributed by atoms with Crippen LogP contribution in [0.5, 0.6) is 0 Å². The van der Waals surface area contributed by atoms with E-state index in [9.17, 15) is 26.3 Å². The van der Waals surface area contributed by atoms with E-state index in [0.717, 1.165) is 22.8 Å². The summed E-state index contributed by atoms with van der Waals surface area (Å²) in [7, 11) is 0. The van der Waals surface area contributed by atoms with E-state index >= 15 is 0 Å².